The maximum atomic E-state index is 12.5. The van der Waals surface area contributed by atoms with Crippen LogP contribution in [0, 0.1) is 0 Å². The molecule has 0 fully saturated rings. The smallest absolute Gasteiger partial charge is 0.284 e. The number of hydrazine groups is 1. The predicted molar refractivity (Wildman–Crippen MR) is 113 cm³/mol. The van der Waals surface area contributed by atoms with Gasteiger partial charge in [0.15, 0.2) is 5.84 Å². The molecule has 3 N–H and O–H groups in total. The molecule has 0 aliphatic heterocycles. The second-order valence-electron chi connectivity index (χ2n) is 5.62. The van der Waals surface area contributed by atoms with Crippen molar-refractivity contribution in [2.45, 2.75) is 4.90 Å². The molecule has 0 amide bonds. The number of amidine groups is 1. The summed E-state index contributed by atoms with van der Waals surface area (Å²) in [6.07, 6.45) is 1.30. The van der Waals surface area contributed by atoms with Gasteiger partial charge in [-0.25, -0.2) is 0 Å². The Morgan fingerprint density at radius 1 is 0.750 bits per heavy atom. The van der Waals surface area contributed by atoms with Gasteiger partial charge >= 0.3 is 0 Å². The summed E-state index contributed by atoms with van der Waals surface area (Å²) in [6, 6.07) is 26.5. The van der Waals surface area contributed by atoms with Crippen LogP contribution in [0.3, 0.4) is 0 Å². The van der Waals surface area contributed by atoms with Crippen LogP contribution in [0.1, 0.15) is 0 Å². The van der Waals surface area contributed by atoms with Gasteiger partial charge in [-0.05, 0) is 36.4 Å². The van der Waals surface area contributed by atoms with Gasteiger partial charge in [0.05, 0.1) is 22.5 Å². The lowest BCUT2D eigenvalue weighted by Crippen LogP contribution is -2.31. The third-order valence-corrected chi connectivity index (χ3v) is 4.83. The molecular weight excluding hydrogens is 374 g/mol. The summed E-state index contributed by atoms with van der Waals surface area (Å²) in [5.74, 6) is 0.0242. The zero-order valence-electron chi connectivity index (χ0n) is 14.9. The fourth-order valence-electron chi connectivity index (χ4n) is 2.19. The standard InChI is InChI=1S/C20H19N5O2S/c26-28(27,19-14-8-3-9-15-19)25-20(24-23-18-12-6-2-7-13-18)16-21-22-17-10-4-1-5-11-17/h1-16,22-23H,(H,24,25)/b21-16-. The molecular formula is C20H19N5O2S. The van der Waals surface area contributed by atoms with Gasteiger partial charge in [0.2, 0.25) is 0 Å². The van der Waals surface area contributed by atoms with Crippen LogP contribution in [0.25, 0.3) is 0 Å². The van der Waals surface area contributed by atoms with E-state index in [2.05, 4.69) is 25.8 Å². The Balaban J connectivity index is 1.80. The number of nitrogens with zero attached hydrogens (tertiary/aromatic N) is 2. The molecule has 0 unspecified atom stereocenters. The highest BCUT2D eigenvalue weighted by atomic mass is 32.2. The topological polar surface area (TPSA) is 95.0 Å². The number of nitrogens with one attached hydrogen (secondary N) is 3. The lowest BCUT2D eigenvalue weighted by atomic mass is 10.3. The minimum Gasteiger partial charge on any atom is -0.300 e. The quantitative estimate of drug-likeness (QED) is 0.324. The Bertz CT molecular complexity index is 1040. The van der Waals surface area contributed by atoms with Crippen LogP contribution in [0.15, 0.2) is 105 Å². The molecule has 28 heavy (non-hydrogen) atoms. The summed E-state index contributed by atoms with van der Waals surface area (Å²) in [5, 5.41) is 4.06. The molecule has 3 aromatic carbocycles. The summed E-state index contributed by atoms with van der Waals surface area (Å²) in [7, 11) is -3.89. The van der Waals surface area contributed by atoms with Crippen molar-refractivity contribution in [1.82, 2.24) is 5.43 Å². The highest BCUT2D eigenvalue weighted by Crippen LogP contribution is 2.11. The third kappa shape index (κ3) is 5.68. The molecule has 0 aliphatic rings. The predicted octanol–water partition coefficient (Wildman–Crippen LogP) is 3.49. The largest absolute Gasteiger partial charge is 0.300 e. The second kappa shape index (κ2) is 9.33. The van der Waals surface area contributed by atoms with E-state index in [1.165, 1.54) is 18.3 Å². The number of rotatable bonds is 7. The monoisotopic (exact) mass is 393 g/mol. The molecule has 0 heterocycles. The molecule has 0 saturated carbocycles. The number of hydrazone groups is 1. The molecule has 0 atom stereocenters. The highest BCUT2D eigenvalue weighted by molar-refractivity contribution is 7.90. The van der Waals surface area contributed by atoms with Gasteiger partial charge in [-0.2, -0.15) is 13.5 Å². The van der Waals surface area contributed by atoms with Gasteiger partial charge in [0.25, 0.3) is 10.0 Å². The van der Waals surface area contributed by atoms with Crippen molar-refractivity contribution >= 4 is 33.4 Å². The lowest BCUT2D eigenvalue weighted by molar-refractivity contribution is 0.598. The van der Waals surface area contributed by atoms with E-state index in [-0.39, 0.29) is 10.7 Å². The van der Waals surface area contributed by atoms with Crippen molar-refractivity contribution in [3.8, 4) is 0 Å². The molecule has 0 aliphatic carbocycles. The first kappa shape index (κ1) is 19.1. The Hall–Kier alpha value is -3.65. The first-order valence-electron chi connectivity index (χ1n) is 8.45. The fourth-order valence-corrected chi connectivity index (χ4v) is 3.15. The lowest BCUT2D eigenvalue weighted by Gasteiger charge is -2.09. The maximum Gasteiger partial charge on any atom is 0.284 e. The second-order valence-corrected chi connectivity index (χ2v) is 7.22. The summed E-state index contributed by atoms with van der Waals surface area (Å²) in [5.41, 5.74) is 10.0. The van der Waals surface area contributed by atoms with E-state index in [9.17, 15) is 8.42 Å². The van der Waals surface area contributed by atoms with Gasteiger partial charge in [-0.1, -0.05) is 54.6 Å². The van der Waals surface area contributed by atoms with Crippen LogP contribution in [-0.4, -0.2) is 20.5 Å². The van der Waals surface area contributed by atoms with Crippen LogP contribution in [0.5, 0.6) is 0 Å². The Morgan fingerprint density at radius 3 is 1.89 bits per heavy atom. The van der Waals surface area contributed by atoms with Crippen molar-refractivity contribution in [1.29, 1.82) is 0 Å². The van der Waals surface area contributed by atoms with Crippen molar-refractivity contribution < 1.29 is 8.42 Å². The minimum atomic E-state index is -3.89. The van der Waals surface area contributed by atoms with Gasteiger partial charge in [-0.15, -0.1) is 4.40 Å². The highest BCUT2D eigenvalue weighted by Gasteiger charge is 2.13. The molecule has 0 aromatic heterocycles. The normalized spacial score (nSPS) is 11.9. The van der Waals surface area contributed by atoms with Crippen LogP contribution in [-0.2, 0) is 10.0 Å². The number of benzene rings is 3. The molecule has 3 aromatic rings. The van der Waals surface area contributed by atoms with Gasteiger partial charge < -0.3 is 0 Å². The number of hydrogen-bond donors (Lipinski definition) is 3. The zero-order valence-corrected chi connectivity index (χ0v) is 15.7. The maximum absolute atomic E-state index is 12.5. The average molecular weight is 393 g/mol. The molecule has 142 valence electrons. The third-order valence-electron chi connectivity index (χ3n) is 3.52. The Kier molecular flexibility index (Phi) is 6.37. The van der Waals surface area contributed by atoms with Crippen molar-refractivity contribution in [2.24, 2.45) is 9.50 Å². The number of sulfonamides is 1. The molecule has 0 spiro atoms. The molecule has 8 heteroatoms. The van der Waals surface area contributed by atoms with Crippen LogP contribution in [0.2, 0.25) is 0 Å². The van der Waals surface area contributed by atoms with E-state index in [0.717, 1.165) is 11.4 Å². The molecule has 0 saturated heterocycles. The average Bonchev–Trinajstić information content (AvgIpc) is 2.74. The summed E-state index contributed by atoms with van der Waals surface area (Å²) < 4.78 is 29.0. The molecule has 0 radical (unpaired) electrons. The van der Waals surface area contributed by atoms with E-state index >= 15 is 0 Å². The van der Waals surface area contributed by atoms with E-state index < -0.39 is 10.0 Å². The summed E-state index contributed by atoms with van der Waals surface area (Å²) >= 11 is 0. The molecule has 3 rings (SSSR count). The number of para-hydroxylation sites is 2. The van der Waals surface area contributed by atoms with Crippen molar-refractivity contribution in [3.63, 3.8) is 0 Å². The number of hydrogen-bond acceptors (Lipinski definition) is 5. The summed E-state index contributed by atoms with van der Waals surface area (Å²) in [6.45, 7) is 0. The van der Waals surface area contributed by atoms with E-state index in [0.29, 0.717) is 0 Å². The Labute approximate surface area is 163 Å². The van der Waals surface area contributed by atoms with E-state index in [1.807, 2.05) is 60.7 Å². The van der Waals surface area contributed by atoms with Crippen molar-refractivity contribution in [2.75, 3.05) is 10.9 Å². The number of anilines is 2. The summed E-state index contributed by atoms with van der Waals surface area (Å²) in [4.78, 5) is 0.0958. The minimum absolute atomic E-state index is 0.0242. The van der Waals surface area contributed by atoms with Crippen molar-refractivity contribution in [3.05, 3.63) is 91.0 Å². The van der Waals surface area contributed by atoms with Gasteiger partial charge in [-0.3, -0.25) is 16.3 Å². The zero-order chi connectivity index (χ0) is 19.7. The first-order valence-corrected chi connectivity index (χ1v) is 9.89. The SMILES string of the molecule is O=S(=O)(N=C(/C=N\Nc1ccccc1)NNc1ccccc1)c1ccccc1. The fraction of sp³-hybridized carbons (Fsp3) is 0. The van der Waals surface area contributed by atoms with Gasteiger partial charge in [0, 0.05) is 0 Å². The molecule has 0 bridgehead atoms. The van der Waals surface area contributed by atoms with Crippen LogP contribution >= 0.6 is 0 Å². The van der Waals surface area contributed by atoms with Crippen LogP contribution in [0.4, 0.5) is 11.4 Å². The first-order chi connectivity index (χ1) is 13.6. The van der Waals surface area contributed by atoms with E-state index in [4.69, 9.17) is 0 Å². The molecule has 7 nitrogen and oxygen atoms in total. The Morgan fingerprint density at radius 2 is 1.29 bits per heavy atom. The van der Waals surface area contributed by atoms with Crippen LogP contribution < -0.4 is 16.3 Å². The van der Waals surface area contributed by atoms with Gasteiger partial charge in [0.1, 0.15) is 0 Å². The van der Waals surface area contributed by atoms with E-state index in [1.54, 1.807) is 18.2 Å².